The molecule has 1 aliphatic heterocycles. The number of aliphatic hydroxyl groups excluding tert-OH is 1. The number of carbonyl (C=O) groups excluding carboxylic acids is 7. The first kappa shape index (κ1) is 90.8. The van der Waals surface area contributed by atoms with Gasteiger partial charge in [-0.2, -0.15) is 0 Å². The normalized spacial score (nSPS) is 12.9. The summed E-state index contributed by atoms with van der Waals surface area (Å²) in [5.41, 5.74) is 7.56. The Balaban J connectivity index is 0.00000152. The number of aliphatic hydroxyl groups is 1. The average molecular weight is 1410 g/mol. The molecule has 0 bridgehead atoms. The minimum absolute atomic E-state index is 0. The predicted octanol–water partition coefficient (Wildman–Crippen LogP) is 15.2. The van der Waals surface area contributed by atoms with Crippen LogP contribution in [0, 0.1) is 27.7 Å². The number of cyclic esters (lactones) is 1. The molecule has 1 heterocycles. The van der Waals surface area contributed by atoms with Crippen molar-refractivity contribution in [2.24, 2.45) is 0 Å². The van der Waals surface area contributed by atoms with Gasteiger partial charge in [-0.15, -0.1) is 0 Å². The van der Waals surface area contributed by atoms with Crippen LogP contribution in [0.2, 0.25) is 0 Å². The van der Waals surface area contributed by atoms with Crippen molar-refractivity contribution in [2.75, 3.05) is 26.2 Å². The van der Waals surface area contributed by atoms with E-state index >= 15 is 0 Å². The first-order valence-electron chi connectivity index (χ1n) is 31.9. The van der Waals surface area contributed by atoms with Crippen molar-refractivity contribution in [3.63, 3.8) is 0 Å². The average Bonchev–Trinajstić information content (AvgIpc) is 1.72. The summed E-state index contributed by atoms with van der Waals surface area (Å²) in [5.74, 6) is -6.13. The molecule has 1 fully saturated rings. The Bertz CT molecular complexity index is 3620. The van der Waals surface area contributed by atoms with Crippen molar-refractivity contribution < 1.29 is 91.6 Å². The van der Waals surface area contributed by atoms with Gasteiger partial charge in [0.15, 0.2) is 0 Å². The molecular weight excluding hydrogens is 1300 g/mol. The molecule has 6 N–H and O–H groups in total. The number of rotatable bonds is 21. The lowest BCUT2D eigenvalue weighted by molar-refractivity contribution is -0.139. The lowest BCUT2D eigenvalue weighted by atomic mass is 9.95. The quantitative estimate of drug-likeness (QED) is 0.0288. The van der Waals surface area contributed by atoms with E-state index in [0.717, 1.165) is 43.8 Å². The van der Waals surface area contributed by atoms with E-state index in [-0.39, 0.29) is 73.0 Å². The summed E-state index contributed by atoms with van der Waals surface area (Å²) in [4.78, 5) is 112. The van der Waals surface area contributed by atoms with Gasteiger partial charge in [0.1, 0.15) is 36.6 Å². The largest absolute Gasteiger partial charge is 0.481 e. The first-order chi connectivity index (χ1) is 45.6. The molecular formula is C78H107FN4O18. The summed E-state index contributed by atoms with van der Waals surface area (Å²) >= 11 is 0. The number of benzene rings is 6. The smallest absolute Gasteiger partial charge is 0.417 e. The maximum atomic E-state index is 13.9. The van der Waals surface area contributed by atoms with Gasteiger partial charge in [0.2, 0.25) is 5.91 Å². The molecule has 0 aromatic heterocycles. The molecule has 101 heavy (non-hydrogen) atoms. The number of hydrogen-bond donors (Lipinski definition) is 6. The van der Waals surface area contributed by atoms with Crippen LogP contribution in [0.15, 0.2) is 140 Å². The summed E-state index contributed by atoms with van der Waals surface area (Å²) in [5, 5.41) is 35.4. The van der Waals surface area contributed by atoms with Crippen LogP contribution in [0.3, 0.4) is 0 Å². The van der Waals surface area contributed by atoms with Gasteiger partial charge in [-0.3, -0.25) is 19.1 Å². The molecule has 6 aromatic carbocycles. The highest BCUT2D eigenvalue weighted by Gasteiger charge is 2.42. The van der Waals surface area contributed by atoms with Gasteiger partial charge in [-0.1, -0.05) is 175 Å². The molecule has 5 amide bonds. The molecule has 1 saturated heterocycles. The van der Waals surface area contributed by atoms with Crippen LogP contribution in [-0.4, -0.2) is 123 Å². The standard InChI is InChI=1S/C34H38N2O7.C24H29NO6.C15H21NO5.C2H6.3CH4.FH/c1-22-11-16-28(23(2)17-22)31(38)41-20-25-12-14-26(15-13-25)29(19-35-32(39)43-34(3,4)5)30(37)36-27(21-42-33(36)40)18-24-9-7-6-8-10-24;1-15-6-11-19(16(2)12-15)22(28)30-14-17-7-9-18(10-8-17)20(21(26)27)13-25-23(29)31-24(3,4)5;1-15(2,3)21-14(20)16-8-12(13(18)19)11-6-4-10(9-17)5-7-11;1-2;;;;/h6-17,27,29H,18-21H2,1-5H3,(H,35,39);6-12,20H,13-14H2,1-5H3,(H,25,29)(H,26,27);4-7,12,17H,8-9H2,1-3H3,(H,16,20)(H,18,19);1-2H3;3*1H4;1H/t27-,29-;20-;12-;;;;;/m111...../s1. The van der Waals surface area contributed by atoms with E-state index in [9.17, 15) is 53.4 Å². The summed E-state index contributed by atoms with van der Waals surface area (Å²) in [6.07, 6.45) is -2.28. The molecule has 22 nitrogen and oxygen atoms in total. The van der Waals surface area contributed by atoms with Crippen LogP contribution < -0.4 is 16.0 Å². The fraction of sp³-hybridized carbons (Fsp3) is 0.423. The number of carboxylic acid groups (broad SMARTS) is 2. The Hall–Kier alpha value is -10.2. The molecule has 0 unspecified atom stereocenters. The van der Waals surface area contributed by atoms with Gasteiger partial charge in [0.25, 0.3) is 0 Å². The van der Waals surface area contributed by atoms with E-state index in [1.165, 1.54) is 0 Å². The van der Waals surface area contributed by atoms with Crippen LogP contribution in [0.4, 0.5) is 23.9 Å². The zero-order chi connectivity index (χ0) is 72.4. The molecule has 4 atom stereocenters. The highest BCUT2D eigenvalue weighted by molar-refractivity contribution is 5.98. The van der Waals surface area contributed by atoms with E-state index in [4.69, 9.17) is 33.5 Å². The zero-order valence-electron chi connectivity index (χ0n) is 58.6. The number of aryl methyl sites for hydroxylation is 4. The molecule has 0 radical (unpaired) electrons. The molecule has 0 aliphatic carbocycles. The van der Waals surface area contributed by atoms with Crippen molar-refractivity contribution in [3.8, 4) is 0 Å². The molecule has 554 valence electrons. The molecule has 0 spiro atoms. The Morgan fingerprint density at radius 2 is 0.832 bits per heavy atom. The van der Waals surface area contributed by atoms with Crippen LogP contribution in [0.5, 0.6) is 0 Å². The topological polar surface area (TPSA) is 309 Å². The minimum atomic E-state index is -1.06. The number of aliphatic carboxylic acids is 2. The maximum absolute atomic E-state index is 13.9. The summed E-state index contributed by atoms with van der Waals surface area (Å²) in [6, 6.07) is 40.3. The maximum Gasteiger partial charge on any atom is 0.417 e. The number of esters is 2. The van der Waals surface area contributed by atoms with E-state index in [2.05, 4.69) is 16.0 Å². The van der Waals surface area contributed by atoms with Gasteiger partial charge in [-0.05, 0) is 159 Å². The third-order valence-corrected chi connectivity index (χ3v) is 14.2. The molecule has 6 aromatic rings. The fourth-order valence-electron chi connectivity index (χ4n) is 9.56. The SMILES string of the molecule is C.C.C.CC.CC(C)(C)OC(=O)NC[C@@H](C(=O)O)c1ccc(CO)cc1.Cc1ccc(C(=O)OCc2ccc([C@@H](CNC(=O)OC(C)(C)C)C(=O)N3C(=O)OC[C@H]3Cc3ccccc3)cc2)c(C)c1.Cc1ccc(C(=O)OCc2ccc([C@@H](CNC(=O)OC(C)(C)C)C(=O)O)cc2)c(C)c1.F. The number of nitrogens with one attached hydrogen (secondary N) is 3. The second-order valence-electron chi connectivity index (χ2n) is 25.8. The third kappa shape index (κ3) is 31.3. The monoisotopic (exact) mass is 1410 g/mol. The Morgan fingerprint density at radius 3 is 1.16 bits per heavy atom. The third-order valence-electron chi connectivity index (χ3n) is 14.2. The van der Waals surface area contributed by atoms with Crippen molar-refractivity contribution in [2.45, 2.75) is 193 Å². The van der Waals surface area contributed by atoms with Gasteiger partial charge < -0.3 is 59.7 Å². The van der Waals surface area contributed by atoms with Gasteiger partial charge in [0.05, 0.1) is 41.5 Å². The van der Waals surface area contributed by atoms with Crippen LogP contribution in [0.1, 0.15) is 198 Å². The lowest BCUT2D eigenvalue weighted by Gasteiger charge is -2.26. The van der Waals surface area contributed by atoms with Gasteiger partial charge in [-0.25, -0.2) is 33.7 Å². The van der Waals surface area contributed by atoms with Crippen LogP contribution in [0.25, 0.3) is 0 Å². The number of ether oxygens (including phenoxy) is 6. The molecule has 23 heteroatoms. The van der Waals surface area contributed by atoms with Gasteiger partial charge in [0, 0.05) is 19.6 Å². The number of nitrogens with zero attached hydrogens (tertiary/aromatic N) is 1. The highest BCUT2D eigenvalue weighted by Crippen LogP contribution is 2.27. The lowest BCUT2D eigenvalue weighted by Crippen LogP contribution is -2.46. The van der Waals surface area contributed by atoms with Crippen molar-refractivity contribution in [1.82, 2.24) is 20.9 Å². The number of amides is 5. The summed E-state index contributed by atoms with van der Waals surface area (Å²) in [6.45, 7) is 27.1. The number of imide groups is 1. The van der Waals surface area contributed by atoms with Gasteiger partial charge >= 0.3 is 48.3 Å². The number of halogens is 1. The number of carboxylic acids is 2. The van der Waals surface area contributed by atoms with E-state index in [1.807, 2.05) is 96.1 Å². The molecule has 7 rings (SSSR count). The highest BCUT2D eigenvalue weighted by atomic mass is 19.0. The minimum Gasteiger partial charge on any atom is -0.481 e. The van der Waals surface area contributed by atoms with E-state index in [0.29, 0.717) is 39.8 Å². The molecule has 1 aliphatic rings. The Morgan fingerprint density at radius 1 is 0.495 bits per heavy atom. The number of carbonyl (C=O) groups is 9. The van der Waals surface area contributed by atoms with E-state index in [1.54, 1.807) is 147 Å². The fourth-order valence-corrected chi connectivity index (χ4v) is 9.56. The molecule has 0 saturated carbocycles. The zero-order valence-corrected chi connectivity index (χ0v) is 58.6. The summed E-state index contributed by atoms with van der Waals surface area (Å²) in [7, 11) is 0. The van der Waals surface area contributed by atoms with Crippen molar-refractivity contribution in [3.05, 3.63) is 212 Å². The Kier molecular flexibility index (Phi) is 38.4. The Labute approximate surface area is 595 Å². The summed E-state index contributed by atoms with van der Waals surface area (Å²) < 4.78 is 31.7. The predicted molar refractivity (Wildman–Crippen MR) is 388 cm³/mol. The number of alkyl carbamates (subject to hydrolysis) is 3. The second-order valence-corrected chi connectivity index (χ2v) is 25.8. The number of hydrogen-bond acceptors (Lipinski definition) is 16. The van der Waals surface area contributed by atoms with Crippen molar-refractivity contribution >= 4 is 54.2 Å². The second kappa shape index (κ2) is 42.7. The van der Waals surface area contributed by atoms with Crippen molar-refractivity contribution in [1.29, 1.82) is 0 Å². The first-order valence-corrected chi connectivity index (χ1v) is 31.9. The van der Waals surface area contributed by atoms with E-state index < -0.39 is 94.8 Å². The van der Waals surface area contributed by atoms with Crippen LogP contribution >= 0.6 is 0 Å². The van der Waals surface area contributed by atoms with Crippen LogP contribution in [-0.2, 0) is 69.0 Å².